The van der Waals surface area contributed by atoms with Gasteiger partial charge in [-0.3, -0.25) is 23.5 Å². The lowest BCUT2D eigenvalue weighted by atomic mass is 10.1. The summed E-state index contributed by atoms with van der Waals surface area (Å²) < 4.78 is 3.67. The molecule has 29 heavy (non-hydrogen) atoms. The van der Waals surface area contributed by atoms with Crippen LogP contribution in [0.25, 0.3) is 11.2 Å². The number of amides is 2. The van der Waals surface area contributed by atoms with Crippen molar-refractivity contribution < 1.29 is 9.59 Å². The van der Waals surface area contributed by atoms with E-state index in [1.54, 1.807) is 17.0 Å². The molecule has 1 N–H and O–H groups in total. The Kier molecular flexibility index (Phi) is 4.33. The van der Waals surface area contributed by atoms with Gasteiger partial charge in [-0.2, -0.15) is 0 Å². The molecule has 2 amide bonds. The molecule has 1 aliphatic rings. The van der Waals surface area contributed by atoms with Gasteiger partial charge >= 0.3 is 5.69 Å². The number of anilines is 2. The minimum atomic E-state index is -0.511. The van der Waals surface area contributed by atoms with Crippen molar-refractivity contribution in [1.82, 2.24) is 18.7 Å². The van der Waals surface area contributed by atoms with Crippen LogP contribution in [0.15, 0.2) is 34.1 Å². The zero-order valence-electron chi connectivity index (χ0n) is 16.3. The second kappa shape index (κ2) is 6.73. The third-order valence-electron chi connectivity index (χ3n) is 5.18. The van der Waals surface area contributed by atoms with Gasteiger partial charge in [0.05, 0.1) is 6.33 Å². The van der Waals surface area contributed by atoms with E-state index in [-0.39, 0.29) is 29.5 Å². The highest BCUT2D eigenvalue weighted by atomic mass is 16.2. The highest BCUT2D eigenvalue weighted by molar-refractivity contribution is 5.96. The summed E-state index contributed by atoms with van der Waals surface area (Å²) in [7, 11) is 2.90. The first kappa shape index (κ1) is 18.7. The van der Waals surface area contributed by atoms with Gasteiger partial charge in [-0.05, 0) is 24.1 Å². The normalized spacial score (nSPS) is 13.0. The number of imidazole rings is 1. The number of hydrogen-bond donors (Lipinski definition) is 1. The SMILES string of the molecule is CC(=O)N1CCc2ccc(NC(=O)Cn3cnc4c3c(=O)n(C)c(=O)n4C)cc21. The number of benzene rings is 1. The van der Waals surface area contributed by atoms with Crippen molar-refractivity contribution in [1.29, 1.82) is 0 Å². The maximum absolute atomic E-state index is 12.6. The predicted molar refractivity (Wildman–Crippen MR) is 107 cm³/mol. The van der Waals surface area contributed by atoms with Crippen LogP contribution in [0.5, 0.6) is 0 Å². The second-order valence-corrected chi connectivity index (χ2v) is 7.06. The molecule has 0 aliphatic carbocycles. The van der Waals surface area contributed by atoms with E-state index < -0.39 is 11.2 Å². The van der Waals surface area contributed by atoms with Crippen LogP contribution in [-0.2, 0) is 36.6 Å². The average molecular weight is 396 g/mol. The van der Waals surface area contributed by atoms with Crippen LogP contribution in [0.2, 0.25) is 0 Å². The molecule has 10 nitrogen and oxygen atoms in total. The summed E-state index contributed by atoms with van der Waals surface area (Å²) in [6.45, 7) is 2.00. The maximum atomic E-state index is 12.6. The first-order chi connectivity index (χ1) is 13.8. The molecule has 3 heterocycles. The molecule has 0 unspecified atom stereocenters. The number of carbonyl (C=O) groups excluding carboxylic acids is 2. The van der Waals surface area contributed by atoms with Crippen molar-refractivity contribution in [3.05, 3.63) is 50.9 Å². The van der Waals surface area contributed by atoms with E-state index in [9.17, 15) is 19.2 Å². The molecule has 4 rings (SSSR count). The quantitative estimate of drug-likeness (QED) is 0.669. The molecular weight excluding hydrogens is 376 g/mol. The predicted octanol–water partition coefficient (Wildman–Crippen LogP) is -0.0186. The highest BCUT2D eigenvalue weighted by Gasteiger charge is 2.23. The minimum absolute atomic E-state index is 0.0430. The summed E-state index contributed by atoms with van der Waals surface area (Å²) >= 11 is 0. The Morgan fingerprint density at radius 3 is 2.66 bits per heavy atom. The molecule has 0 spiro atoms. The number of aromatic nitrogens is 4. The molecule has 0 radical (unpaired) electrons. The van der Waals surface area contributed by atoms with Crippen molar-refractivity contribution >= 4 is 34.4 Å². The molecule has 3 aromatic rings. The topological polar surface area (TPSA) is 111 Å². The fraction of sp³-hybridized carbons (Fsp3) is 0.316. The molecule has 0 fully saturated rings. The summed E-state index contributed by atoms with van der Waals surface area (Å²) in [5.74, 6) is -0.397. The van der Waals surface area contributed by atoms with Gasteiger partial charge in [-0.1, -0.05) is 6.07 Å². The number of fused-ring (bicyclic) bond motifs is 2. The number of nitrogens with one attached hydrogen (secondary N) is 1. The summed E-state index contributed by atoms with van der Waals surface area (Å²) in [5, 5.41) is 2.79. The van der Waals surface area contributed by atoms with Crippen molar-refractivity contribution in [3.63, 3.8) is 0 Å². The van der Waals surface area contributed by atoms with Crippen LogP contribution < -0.4 is 21.5 Å². The van der Waals surface area contributed by atoms with Gasteiger partial charge in [-0.15, -0.1) is 0 Å². The lowest BCUT2D eigenvalue weighted by Crippen LogP contribution is -2.37. The van der Waals surface area contributed by atoms with E-state index in [0.717, 1.165) is 22.2 Å². The van der Waals surface area contributed by atoms with Gasteiger partial charge in [0.25, 0.3) is 5.56 Å². The molecule has 0 saturated carbocycles. The molecule has 150 valence electrons. The lowest BCUT2D eigenvalue weighted by Gasteiger charge is -2.16. The van der Waals surface area contributed by atoms with Crippen LogP contribution in [0.3, 0.4) is 0 Å². The number of rotatable bonds is 3. The first-order valence-corrected chi connectivity index (χ1v) is 9.09. The Balaban J connectivity index is 1.61. The third kappa shape index (κ3) is 3.02. The molecule has 0 atom stereocenters. The fourth-order valence-corrected chi connectivity index (χ4v) is 3.66. The van der Waals surface area contributed by atoms with Crippen molar-refractivity contribution in [2.24, 2.45) is 14.1 Å². The Morgan fingerprint density at radius 1 is 1.17 bits per heavy atom. The van der Waals surface area contributed by atoms with E-state index >= 15 is 0 Å². The third-order valence-corrected chi connectivity index (χ3v) is 5.18. The average Bonchev–Trinajstić information content (AvgIpc) is 3.28. The Hall–Kier alpha value is -3.69. The summed E-state index contributed by atoms with van der Waals surface area (Å²) in [6.07, 6.45) is 2.15. The van der Waals surface area contributed by atoms with Crippen molar-refractivity contribution in [2.45, 2.75) is 19.9 Å². The second-order valence-electron chi connectivity index (χ2n) is 7.06. The van der Waals surface area contributed by atoms with Crippen molar-refractivity contribution in [3.8, 4) is 0 Å². The van der Waals surface area contributed by atoms with Crippen LogP contribution in [-0.4, -0.2) is 37.0 Å². The Labute approximate surface area is 165 Å². The van der Waals surface area contributed by atoms with Gasteiger partial charge < -0.3 is 14.8 Å². The van der Waals surface area contributed by atoms with E-state index in [1.807, 2.05) is 6.07 Å². The van der Waals surface area contributed by atoms with Gasteiger partial charge in [0.1, 0.15) is 6.54 Å². The number of aryl methyl sites for hydroxylation is 1. The zero-order valence-corrected chi connectivity index (χ0v) is 16.3. The van der Waals surface area contributed by atoms with E-state index in [0.29, 0.717) is 12.2 Å². The number of carbonyl (C=O) groups is 2. The first-order valence-electron chi connectivity index (χ1n) is 9.09. The molecule has 1 aliphatic heterocycles. The van der Waals surface area contributed by atoms with E-state index in [1.165, 1.54) is 36.5 Å². The van der Waals surface area contributed by atoms with Gasteiger partial charge in [0.2, 0.25) is 11.8 Å². The zero-order chi connectivity index (χ0) is 20.9. The standard InChI is InChI=1S/C19H20N6O4/c1-11(26)25-7-6-12-4-5-13(8-14(12)25)21-15(27)9-24-10-20-17-16(24)18(28)23(3)19(29)22(17)2/h4-5,8,10H,6-7,9H2,1-3H3,(H,21,27). The monoisotopic (exact) mass is 396 g/mol. The smallest absolute Gasteiger partial charge is 0.324 e. The van der Waals surface area contributed by atoms with Crippen LogP contribution in [0.4, 0.5) is 11.4 Å². The van der Waals surface area contributed by atoms with Crippen LogP contribution >= 0.6 is 0 Å². The summed E-state index contributed by atoms with van der Waals surface area (Å²) in [5.41, 5.74) is 1.83. The molecule has 0 bridgehead atoms. The van der Waals surface area contributed by atoms with Gasteiger partial charge in [0.15, 0.2) is 11.2 Å². The summed E-state index contributed by atoms with van der Waals surface area (Å²) in [4.78, 5) is 54.6. The van der Waals surface area contributed by atoms with Crippen molar-refractivity contribution in [2.75, 3.05) is 16.8 Å². The Morgan fingerprint density at radius 2 is 1.93 bits per heavy atom. The maximum Gasteiger partial charge on any atom is 0.332 e. The van der Waals surface area contributed by atoms with Crippen LogP contribution in [0.1, 0.15) is 12.5 Å². The Bertz CT molecular complexity index is 1280. The summed E-state index contributed by atoms with van der Waals surface area (Å²) in [6, 6.07) is 5.46. The lowest BCUT2D eigenvalue weighted by molar-refractivity contribution is -0.117. The van der Waals surface area contributed by atoms with Gasteiger partial charge in [0, 0.05) is 38.9 Å². The van der Waals surface area contributed by atoms with E-state index in [2.05, 4.69) is 10.3 Å². The minimum Gasteiger partial charge on any atom is -0.324 e. The molecule has 10 heteroatoms. The molecule has 1 aromatic carbocycles. The van der Waals surface area contributed by atoms with Gasteiger partial charge in [-0.25, -0.2) is 9.78 Å². The van der Waals surface area contributed by atoms with E-state index in [4.69, 9.17) is 0 Å². The highest BCUT2D eigenvalue weighted by Crippen LogP contribution is 2.30. The molecule has 2 aromatic heterocycles. The molecular formula is C19H20N6O4. The number of nitrogens with zero attached hydrogens (tertiary/aromatic N) is 5. The van der Waals surface area contributed by atoms with Crippen LogP contribution in [0, 0.1) is 0 Å². The largest absolute Gasteiger partial charge is 0.332 e. The fourth-order valence-electron chi connectivity index (χ4n) is 3.66. The molecule has 0 saturated heterocycles. The number of hydrogen-bond acceptors (Lipinski definition) is 5.